The van der Waals surface area contributed by atoms with E-state index in [0.29, 0.717) is 0 Å². The third-order valence-corrected chi connectivity index (χ3v) is 3.28. The van der Waals surface area contributed by atoms with Crippen molar-refractivity contribution < 1.29 is 5.11 Å². The first-order chi connectivity index (χ1) is 9.63. The average Bonchev–Trinajstić information content (AvgIpc) is 2.78. The van der Waals surface area contributed by atoms with E-state index >= 15 is 0 Å². The Balaban J connectivity index is 0.000000956. The number of aryl methyl sites for hydroxylation is 1. The molecule has 0 saturated carbocycles. The molecule has 0 radical (unpaired) electrons. The Bertz CT molecular complexity index is 468. The van der Waals surface area contributed by atoms with Crippen molar-refractivity contribution in [1.82, 2.24) is 9.47 Å². The van der Waals surface area contributed by atoms with Crippen molar-refractivity contribution in [3.05, 3.63) is 35.7 Å². The van der Waals surface area contributed by atoms with Crippen LogP contribution in [0.3, 0.4) is 0 Å². The van der Waals surface area contributed by atoms with Gasteiger partial charge in [-0.2, -0.15) is 0 Å². The summed E-state index contributed by atoms with van der Waals surface area (Å²) >= 11 is 0. The minimum Gasteiger partial charge on any atom is -0.390 e. The molecule has 0 atom stereocenters. The van der Waals surface area contributed by atoms with Crippen LogP contribution in [-0.4, -0.2) is 46.7 Å². The van der Waals surface area contributed by atoms with Gasteiger partial charge in [-0.15, -0.1) is 0 Å². The number of rotatable bonds is 3. The monoisotopic (exact) mass is 277 g/mol. The van der Waals surface area contributed by atoms with Crippen molar-refractivity contribution in [3.8, 4) is 0 Å². The van der Waals surface area contributed by atoms with E-state index in [1.54, 1.807) is 7.05 Å². The highest BCUT2D eigenvalue weighted by Gasteiger charge is 2.24. The van der Waals surface area contributed by atoms with E-state index in [9.17, 15) is 5.11 Å². The van der Waals surface area contributed by atoms with E-state index in [1.165, 1.54) is 11.1 Å². The highest BCUT2D eigenvalue weighted by Crippen LogP contribution is 2.17. The van der Waals surface area contributed by atoms with Gasteiger partial charge in [0.25, 0.3) is 0 Å². The normalized spacial score (nSPS) is 17.0. The Kier molecular flexibility index (Phi) is 6.68. The maximum Gasteiger partial charge on any atom is 0.131 e. The number of aromatic nitrogens is 1. The lowest BCUT2D eigenvalue weighted by Gasteiger charge is -2.35. The molecule has 2 heterocycles. The van der Waals surface area contributed by atoms with E-state index in [4.69, 9.17) is 0 Å². The van der Waals surface area contributed by atoms with Gasteiger partial charge in [-0.3, -0.25) is 9.89 Å². The number of aliphatic hydroxyl groups is 1. The molecule has 0 bridgehead atoms. The van der Waals surface area contributed by atoms with Gasteiger partial charge in [0.1, 0.15) is 5.84 Å². The summed E-state index contributed by atoms with van der Waals surface area (Å²) in [6, 6.07) is 0. The molecule has 1 aromatic heterocycles. The quantitative estimate of drug-likeness (QED) is 0.681. The fourth-order valence-electron chi connectivity index (χ4n) is 2.23. The van der Waals surface area contributed by atoms with Gasteiger partial charge in [-0.05, 0) is 31.1 Å². The highest BCUT2D eigenvalue weighted by molar-refractivity contribution is 5.94. The first kappa shape index (κ1) is 16.7. The number of aliphatic imine (C=N–C) groups is 1. The van der Waals surface area contributed by atoms with E-state index < -0.39 is 0 Å². The summed E-state index contributed by atoms with van der Waals surface area (Å²) in [5.41, 5.74) is 2.56. The lowest BCUT2D eigenvalue weighted by Crippen LogP contribution is -2.49. The van der Waals surface area contributed by atoms with Crippen molar-refractivity contribution in [3.63, 3.8) is 0 Å². The summed E-state index contributed by atoms with van der Waals surface area (Å²) < 4.78 is 2.06. The largest absolute Gasteiger partial charge is 0.390 e. The number of nitrogens with zero attached hydrogens (tertiary/aromatic N) is 3. The Hall–Kier alpha value is -1.39. The Labute approximate surface area is 122 Å². The molecule has 1 aromatic rings. The maximum absolute atomic E-state index is 9.29. The van der Waals surface area contributed by atoms with Gasteiger partial charge in [0, 0.05) is 39.1 Å². The van der Waals surface area contributed by atoms with Crippen LogP contribution in [0.4, 0.5) is 0 Å². The zero-order chi connectivity index (χ0) is 15.1. The standard InChI is InChI=1S/C14H21N3O.C2H6/c1-4-5-14(15-3)17-6-11(2)12(8-17)7-16-9-13(18)10-16;1-2/h4-6,8,13,18H,7,9-10H2,1-3H3;1-2H3/b5-4-,15-14?;. The van der Waals surface area contributed by atoms with E-state index in [1.807, 2.05) is 32.9 Å². The minimum absolute atomic E-state index is 0.136. The molecular formula is C16H27N3O. The summed E-state index contributed by atoms with van der Waals surface area (Å²) in [6.07, 6.45) is 8.08. The summed E-state index contributed by atoms with van der Waals surface area (Å²) in [5, 5.41) is 9.29. The maximum atomic E-state index is 9.29. The fourth-order valence-corrected chi connectivity index (χ4v) is 2.23. The topological polar surface area (TPSA) is 40.8 Å². The molecule has 2 rings (SSSR count). The van der Waals surface area contributed by atoms with Crippen molar-refractivity contribution in [2.45, 2.75) is 40.3 Å². The minimum atomic E-state index is -0.136. The van der Waals surface area contributed by atoms with Crippen LogP contribution in [0.2, 0.25) is 0 Å². The fraction of sp³-hybridized carbons (Fsp3) is 0.562. The van der Waals surface area contributed by atoms with Crippen molar-refractivity contribution in [2.75, 3.05) is 20.1 Å². The zero-order valence-electron chi connectivity index (χ0n) is 13.3. The predicted octanol–water partition coefficient (Wildman–Crippen LogP) is 2.45. The number of allylic oxidation sites excluding steroid dienone is 2. The molecule has 112 valence electrons. The molecule has 0 amide bonds. The number of hydrogen-bond acceptors (Lipinski definition) is 3. The van der Waals surface area contributed by atoms with Crippen LogP contribution in [0, 0.1) is 6.92 Å². The third-order valence-electron chi connectivity index (χ3n) is 3.28. The van der Waals surface area contributed by atoms with Crippen LogP contribution in [0.25, 0.3) is 0 Å². The molecule has 1 fully saturated rings. The van der Waals surface area contributed by atoms with E-state index in [2.05, 4.69) is 33.8 Å². The number of aliphatic hydroxyl groups excluding tert-OH is 1. The zero-order valence-corrected chi connectivity index (χ0v) is 13.3. The lowest BCUT2D eigenvalue weighted by molar-refractivity contribution is -0.00294. The second-order valence-electron chi connectivity index (χ2n) is 4.80. The molecule has 20 heavy (non-hydrogen) atoms. The van der Waals surface area contributed by atoms with Gasteiger partial charge in [0.05, 0.1) is 6.10 Å². The smallest absolute Gasteiger partial charge is 0.131 e. The van der Waals surface area contributed by atoms with Gasteiger partial charge >= 0.3 is 0 Å². The number of hydrogen-bond donors (Lipinski definition) is 1. The van der Waals surface area contributed by atoms with Crippen LogP contribution < -0.4 is 0 Å². The van der Waals surface area contributed by atoms with Gasteiger partial charge < -0.3 is 9.67 Å². The van der Waals surface area contributed by atoms with Gasteiger partial charge in [-0.1, -0.05) is 19.9 Å². The highest BCUT2D eigenvalue weighted by atomic mass is 16.3. The number of likely N-dealkylation sites (tertiary alicyclic amines) is 1. The average molecular weight is 277 g/mol. The first-order valence-corrected chi connectivity index (χ1v) is 7.31. The molecule has 4 heteroatoms. The van der Waals surface area contributed by atoms with Crippen LogP contribution in [0.5, 0.6) is 0 Å². The Morgan fingerprint density at radius 2 is 2.05 bits per heavy atom. The second-order valence-corrected chi connectivity index (χ2v) is 4.80. The molecule has 1 aliphatic rings. The van der Waals surface area contributed by atoms with Crippen molar-refractivity contribution in [2.24, 2.45) is 4.99 Å². The van der Waals surface area contributed by atoms with E-state index in [0.717, 1.165) is 25.5 Å². The molecule has 4 nitrogen and oxygen atoms in total. The Morgan fingerprint density at radius 3 is 2.55 bits per heavy atom. The molecule has 1 N–H and O–H groups in total. The lowest BCUT2D eigenvalue weighted by atomic mass is 10.1. The molecule has 1 saturated heterocycles. The first-order valence-electron chi connectivity index (χ1n) is 7.31. The summed E-state index contributed by atoms with van der Waals surface area (Å²) in [5.74, 6) is 0.940. The SMILES string of the molecule is C/C=C\C(=NC)n1cc(C)c(CN2CC(O)C2)c1.CC. The van der Waals surface area contributed by atoms with Crippen LogP contribution in [0.1, 0.15) is 31.9 Å². The van der Waals surface area contributed by atoms with Crippen LogP contribution in [-0.2, 0) is 6.54 Å². The van der Waals surface area contributed by atoms with Crippen LogP contribution in [0.15, 0.2) is 29.5 Å². The molecule has 1 aliphatic heterocycles. The summed E-state index contributed by atoms with van der Waals surface area (Å²) in [4.78, 5) is 6.51. The van der Waals surface area contributed by atoms with Gasteiger partial charge in [0.2, 0.25) is 0 Å². The molecule has 0 aromatic carbocycles. The van der Waals surface area contributed by atoms with Crippen molar-refractivity contribution in [1.29, 1.82) is 0 Å². The van der Waals surface area contributed by atoms with Crippen LogP contribution >= 0.6 is 0 Å². The second kappa shape index (κ2) is 8.02. The Morgan fingerprint density at radius 1 is 1.40 bits per heavy atom. The number of β-amino-alcohol motifs (C(OH)–C–C–N with tert-alkyl or cyclic N) is 1. The third kappa shape index (κ3) is 4.05. The van der Waals surface area contributed by atoms with E-state index in [-0.39, 0.29) is 6.10 Å². The van der Waals surface area contributed by atoms with Crippen molar-refractivity contribution >= 4 is 5.84 Å². The predicted molar refractivity (Wildman–Crippen MR) is 85.4 cm³/mol. The summed E-state index contributed by atoms with van der Waals surface area (Å²) in [7, 11) is 1.80. The van der Waals surface area contributed by atoms with Gasteiger partial charge in [-0.25, -0.2) is 0 Å². The molecule has 0 aliphatic carbocycles. The van der Waals surface area contributed by atoms with Gasteiger partial charge in [0.15, 0.2) is 0 Å². The summed E-state index contributed by atoms with van der Waals surface area (Å²) in [6.45, 7) is 10.6. The molecule has 0 spiro atoms. The molecular weight excluding hydrogens is 250 g/mol. The molecule has 0 unspecified atom stereocenters.